The van der Waals surface area contributed by atoms with E-state index >= 15 is 0 Å². The molecule has 0 spiro atoms. The van der Waals surface area contributed by atoms with Gasteiger partial charge >= 0.3 is 0 Å². The molecule has 5 heteroatoms. The minimum atomic E-state index is 0.0643. The molecule has 0 saturated heterocycles. The van der Waals surface area contributed by atoms with Gasteiger partial charge in [-0.2, -0.15) is 0 Å². The van der Waals surface area contributed by atoms with E-state index in [-0.39, 0.29) is 11.9 Å². The molecule has 0 saturated carbocycles. The zero-order chi connectivity index (χ0) is 14.4. The Hall–Kier alpha value is -2.30. The molecule has 0 radical (unpaired) electrons. The number of nitrogens with one attached hydrogen (secondary N) is 1. The molecule has 3 N–H and O–H groups in total. The number of nitrogens with zero attached hydrogens (tertiary/aromatic N) is 2. The maximum Gasteiger partial charge on any atom is 0.220 e. The van der Waals surface area contributed by atoms with Crippen molar-refractivity contribution in [3.63, 3.8) is 0 Å². The summed E-state index contributed by atoms with van der Waals surface area (Å²) in [6.07, 6.45) is 6.58. The highest BCUT2D eigenvalue weighted by Crippen LogP contribution is 2.07. The summed E-state index contributed by atoms with van der Waals surface area (Å²) in [6, 6.07) is 7.71. The van der Waals surface area contributed by atoms with E-state index in [9.17, 15) is 4.79 Å². The van der Waals surface area contributed by atoms with E-state index in [1.165, 1.54) is 0 Å². The number of imidazole rings is 1. The van der Waals surface area contributed by atoms with Crippen LogP contribution in [0.5, 0.6) is 0 Å². The fourth-order valence-electron chi connectivity index (χ4n) is 2.05. The molecule has 1 heterocycles. The van der Waals surface area contributed by atoms with Gasteiger partial charge in [-0.15, -0.1) is 0 Å². The third-order valence-electron chi connectivity index (χ3n) is 3.07. The van der Waals surface area contributed by atoms with Gasteiger partial charge < -0.3 is 15.6 Å². The molecule has 0 aliphatic rings. The lowest BCUT2D eigenvalue weighted by molar-refractivity contribution is -0.121. The number of benzene rings is 1. The van der Waals surface area contributed by atoms with Crippen LogP contribution in [0.2, 0.25) is 0 Å². The lowest BCUT2D eigenvalue weighted by atomic mass is 10.1. The van der Waals surface area contributed by atoms with Gasteiger partial charge in [0.15, 0.2) is 0 Å². The van der Waals surface area contributed by atoms with Crippen molar-refractivity contribution in [1.82, 2.24) is 14.9 Å². The van der Waals surface area contributed by atoms with Crippen LogP contribution >= 0.6 is 0 Å². The van der Waals surface area contributed by atoms with Gasteiger partial charge in [-0.1, -0.05) is 12.1 Å². The Morgan fingerprint density at radius 2 is 2.15 bits per heavy atom. The first-order valence-corrected chi connectivity index (χ1v) is 6.73. The number of hydrogen-bond acceptors (Lipinski definition) is 3. The molecule has 5 nitrogen and oxygen atoms in total. The van der Waals surface area contributed by atoms with E-state index in [1.54, 1.807) is 12.5 Å². The van der Waals surface area contributed by atoms with Crippen LogP contribution in [0.4, 0.5) is 5.69 Å². The number of amides is 1. The molecule has 1 atom stereocenters. The minimum Gasteiger partial charge on any atom is -0.399 e. The second-order valence-corrected chi connectivity index (χ2v) is 4.97. The van der Waals surface area contributed by atoms with Crippen LogP contribution in [0.15, 0.2) is 43.0 Å². The lowest BCUT2D eigenvalue weighted by Gasteiger charge is -2.14. The molecular formula is C15H20N4O. The number of aromatic nitrogens is 2. The number of carbonyl (C=O) groups is 1. The minimum absolute atomic E-state index is 0.0643. The van der Waals surface area contributed by atoms with E-state index in [1.807, 2.05) is 42.0 Å². The van der Waals surface area contributed by atoms with Crippen molar-refractivity contribution in [3.8, 4) is 0 Å². The Morgan fingerprint density at radius 3 is 2.80 bits per heavy atom. The smallest absolute Gasteiger partial charge is 0.220 e. The Labute approximate surface area is 118 Å². The van der Waals surface area contributed by atoms with E-state index < -0.39 is 0 Å². The predicted octanol–water partition coefficient (Wildman–Crippen LogP) is 1.60. The second-order valence-electron chi connectivity index (χ2n) is 4.97. The van der Waals surface area contributed by atoms with Crippen LogP contribution < -0.4 is 11.1 Å². The quantitative estimate of drug-likeness (QED) is 0.785. The molecule has 1 aromatic heterocycles. The summed E-state index contributed by atoms with van der Waals surface area (Å²) in [4.78, 5) is 15.8. The molecule has 106 valence electrons. The number of nitrogens with two attached hydrogens (primary N) is 1. The molecule has 20 heavy (non-hydrogen) atoms. The van der Waals surface area contributed by atoms with E-state index in [4.69, 9.17) is 5.73 Å². The summed E-state index contributed by atoms with van der Waals surface area (Å²) in [5.74, 6) is 0.0643. The van der Waals surface area contributed by atoms with Gasteiger partial charge in [0.05, 0.1) is 6.33 Å². The molecule has 1 unspecified atom stereocenters. The summed E-state index contributed by atoms with van der Waals surface area (Å²) in [6.45, 7) is 2.72. The fourth-order valence-corrected chi connectivity index (χ4v) is 2.05. The molecule has 0 aliphatic carbocycles. The van der Waals surface area contributed by atoms with Crippen LogP contribution in [0.1, 0.15) is 18.9 Å². The van der Waals surface area contributed by atoms with E-state index in [2.05, 4.69) is 10.3 Å². The van der Waals surface area contributed by atoms with Crippen molar-refractivity contribution in [2.24, 2.45) is 0 Å². The average molecular weight is 272 g/mol. The van der Waals surface area contributed by atoms with Gasteiger partial charge in [-0.05, 0) is 31.0 Å². The number of nitrogen functional groups attached to an aromatic ring is 1. The Bertz CT molecular complexity index is 534. The standard InChI is InChI=1S/C15H20N4O/c1-12(10-19-9-8-17-11-19)18-15(20)7-4-13-2-5-14(16)6-3-13/h2-3,5-6,8-9,11-12H,4,7,10,16H2,1H3,(H,18,20). The SMILES string of the molecule is CC(Cn1ccnc1)NC(=O)CCc1ccc(N)cc1. The van der Waals surface area contributed by atoms with Crippen LogP contribution in [-0.4, -0.2) is 21.5 Å². The van der Waals surface area contributed by atoms with Crippen molar-refractivity contribution < 1.29 is 4.79 Å². The largest absolute Gasteiger partial charge is 0.399 e. The summed E-state index contributed by atoms with van der Waals surface area (Å²) < 4.78 is 1.95. The third kappa shape index (κ3) is 4.42. The van der Waals surface area contributed by atoms with Crippen molar-refractivity contribution in [2.75, 3.05) is 5.73 Å². The zero-order valence-corrected chi connectivity index (χ0v) is 11.6. The van der Waals surface area contributed by atoms with Crippen LogP contribution in [-0.2, 0) is 17.8 Å². The molecule has 1 amide bonds. The normalized spacial score (nSPS) is 12.1. The maximum absolute atomic E-state index is 11.9. The van der Waals surface area contributed by atoms with Crippen molar-refractivity contribution in [3.05, 3.63) is 48.5 Å². The third-order valence-corrected chi connectivity index (χ3v) is 3.07. The number of carbonyl (C=O) groups excluding carboxylic acids is 1. The van der Waals surface area contributed by atoms with Crippen LogP contribution in [0.25, 0.3) is 0 Å². The first-order chi connectivity index (χ1) is 9.63. The van der Waals surface area contributed by atoms with Gasteiger partial charge in [0.2, 0.25) is 5.91 Å². The Balaban J connectivity index is 1.73. The van der Waals surface area contributed by atoms with Gasteiger partial charge in [-0.3, -0.25) is 4.79 Å². The molecule has 0 aliphatic heterocycles. The highest BCUT2D eigenvalue weighted by molar-refractivity contribution is 5.76. The number of anilines is 1. The monoisotopic (exact) mass is 272 g/mol. The summed E-state index contributed by atoms with van der Waals surface area (Å²) in [5, 5.41) is 2.99. The second kappa shape index (κ2) is 6.75. The van der Waals surface area contributed by atoms with Crippen LogP contribution in [0, 0.1) is 0 Å². The topological polar surface area (TPSA) is 72.9 Å². The summed E-state index contributed by atoms with van der Waals surface area (Å²) in [7, 11) is 0. The lowest BCUT2D eigenvalue weighted by Crippen LogP contribution is -2.35. The first-order valence-electron chi connectivity index (χ1n) is 6.73. The molecule has 2 rings (SSSR count). The summed E-state index contributed by atoms with van der Waals surface area (Å²) in [5.41, 5.74) is 7.49. The molecule has 2 aromatic rings. The van der Waals surface area contributed by atoms with Crippen LogP contribution in [0.3, 0.4) is 0 Å². The Morgan fingerprint density at radius 1 is 1.40 bits per heavy atom. The molecule has 1 aromatic carbocycles. The number of hydrogen-bond donors (Lipinski definition) is 2. The van der Waals surface area contributed by atoms with Gasteiger partial charge in [0.25, 0.3) is 0 Å². The van der Waals surface area contributed by atoms with Crippen molar-refractivity contribution in [2.45, 2.75) is 32.4 Å². The van der Waals surface area contributed by atoms with E-state index in [0.717, 1.165) is 24.2 Å². The first kappa shape index (κ1) is 14.1. The molecule has 0 bridgehead atoms. The molecule has 0 fully saturated rings. The molecular weight excluding hydrogens is 252 g/mol. The average Bonchev–Trinajstić information content (AvgIpc) is 2.90. The van der Waals surface area contributed by atoms with Crippen molar-refractivity contribution >= 4 is 11.6 Å². The fraction of sp³-hybridized carbons (Fsp3) is 0.333. The maximum atomic E-state index is 11.9. The van der Waals surface area contributed by atoms with Gasteiger partial charge in [0.1, 0.15) is 0 Å². The Kier molecular flexibility index (Phi) is 4.76. The highest BCUT2D eigenvalue weighted by Gasteiger charge is 2.08. The van der Waals surface area contributed by atoms with Gasteiger partial charge in [-0.25, -0.2) is 4.98 Å². The van der Waals surface area contributed by atoms with Gasteiger partial charge in [0, 0.05) is 37.1 Å². The predicted molar refractivity (Wildman–Crippen MR) is 79.0 cm³/mol. The van der Waals surface area contributed by atoms with E-state index in [0.29, 0.717) is 6.42 Å². The summed E-state index contributed by atoms with van der Waals surface area (Å²) >= 11 is 0. The van der Waals surface area contributed by atoms with Crippen molar-refractivity contribution in [1.29, 1.82) is 0 Å². The zero-order valence-electron chi connectivity index (χ0n) is 11.6. The highest BCUT2D eigenvalue weighted by atomic mass is 16.1. The number of rotatable bonds is 6. The number of aryl methyl sites for hydroxylation is 1.